The molecular weight excluding hydrogens is 493 g/mol. The van der Waals surface area contributed by atoms with Crippen molar-refractivity contribution < 1.29 is 13.2 Å². The summed E-state index contributed by atoms with van der Waals surface area (Å²) in [4.78, 5) is 15.1. The minimum atomic E-state index is -3.85. The van der Waals surface area contributed by atoms with E-state index in [4.69, 9.17) is 23.2 Å². The Balaban J connectivity index is 1.37. The van der Waals surface area contributed by atoms with Crippen molar-refractivity contribution in [3.8, 4) is 0 Å². The first-order valence-corrected chi connectivity index (χ1v) is 13.2. The van der Waals surface area contributed by atoms with Crippen LogP contribution in [0.3, 0.4) is 0 Å². The van der Waals surface area contributed by atoms with Crippen molar-refractivity contribution in [2.24, 2.45) is 0 Å². The van der Waals surface area contributed by atoms with Crippen LogP contribution < -0.4 is 10.0 Å². The highest BCUT2D eigenvalue weighted by molar-refractivity contribution is 7.92. The average Bonchev–Trinajstić information content (AvgIpc) is 2.79. The van der Waals surface area contributed by atoms with Crippen LogP contribution >= 0.6 is 23.2 Å². The fourth-order valence-electron chi connectivity index (χ4n) is 3.88. The summed E-state index contributed by atoms with van der Waals surface area (Å²) in [7, 11) is -3.85. The molecule has 178 valence electrons. The predicted octanol–water partition coefficient (Wildman–Crippen LogP) is 6.03. The van der Waals surface area contributed by atoms with E-state index in [1.54, 1.807) is 12.1 Å². The van der Waals surface area contributed by atoms with Crippen LogP contribution in [0.4, 0.5) is 11.4 Å². The summed E-state index contributed by atoms with van der Waals surface area (Å²) in [5.41, 5.74) is 2.48. The zero-order valence-corrected chi connectivity index (χ0v) is 20.8. The Morgan fingerprint density at radius 2 is 1.44 bits per heavy atom. The van der Waals surface area contributed by atoms with Crippen molar-refractivity contribution in [1.82, 2.24) is 4.90 Å². The molecule has 1 aliphatic rings. The summed E-state index contributed by atoms with van der Waals surface area (Å²) < 4.78 is 27.8. The highest BCUT2D eigenvalue weighted by atomic mass is 35.5. The van der Waals surface area contributed by atoms with Gasteiger partial charge >= 0.3 is 0 Å². The molecule has 1 fully saturated rings. The quantitative estimate of drug-likeness (QED) is 0.400. The first-order chi connectivity index (χ1) is 16.3. The first-order valence-electron chi connectivity index (χ1n) is 11.0. The number of sulfonamides is 1. The number of amides is 1. The third-order valence-corrected chi connectivity index (χ3v) is 7.44. The van der Waals surface area contributed by atoms with Crippen molar-refractivity contribution in [3.05, 3.63) is 87.9 Å². The van der Waals surface area contributed by atoms with Gasteiger partial charge in [0.25, 0.3) is 15.9 Å². The lowest BCUT2D eigenvalue weighted by molar-refractivity contribution is 0.102. The number of benzene rings is 3. The molecule has 0 atom stereocenters. The van der Waals surface area contributed by atoms with Gasteiger partial charge in [0.05, 0.1) is 10.6 Å². The summed E-state index contributed by atoms with van der Waals surface area (Å²) in [6, 6.07) is 18.0. The number of piperidine rings is 1. The molecule has 34 heavy (non-hydrogen) atoms. The van der Waals surface area contributed by atoms with Gasteiger partial charge in [-0.25, -0.2) is 8.42 Å². The van der Waals surface area contributed by atoms with E-state index in [1.165, 1.54) is 55.2 Å². The maximum atomic E-state index is 12.7. The van der Waals surface area contributed by atoms with Crippen molar-refractivity contribution in [2.45, 2.75) is 30.7 Å². The Morgan fingerprint density at radius 3 is 2.06 bits per heavy atom. The maximum Gasteiger partial charge on any atom is 0.261 e. The van der Waals surface area contributed by atoms with Crippen LogP contribution in [0.1, 0.15) is 35.2 Å². The molecule has 1 heterocycles. The number of carbonyl (C=O) groups is 1. The fourth-order valence-corrected chi connectivity index (χ4v) is 5.45. The second kappa shape index (κ2) is 10.8. The molecular formula is C25H25Cl2N3O3S. The number of likely N-dealkylation sites (tertiary alicyclic amines) is 1. The van der Waals surface area contributed by atoms with Crippen molar-refractivity contribution in [3.63, 3.8) is 0 Å². The zero-order chi connectivity index (χ0) is 24.1. The minimum Gasteiger partial charge on any atom is -0.322 e. The van der Waals surface area contributed by atoms with E-state index < -0.39 is 10.0 Å². The number of halogens is 2. The summed E-state index contributed by atoms with van der Waals surface area (Å²) in [5.74, 6) is -0.258. The monoisotopic (exact) mass is 517 g/mol. The lowest BCUT2D eigenvalue weighted by Gasteiger charge is -2.26. The Morgan fingerprint density at radius 1 is 0.824 bits per heavy atom. The standard InChI is InChI=1S/C25H25Cl2N3O3S/c26-20-14-21(27)16-23(15-20)29-34(32,33)24-10-8-22(9-11-24)28-25(31)19-6-4-18(5-7-19)17-30-12-2-1-3-13-30/h4-11,14-16,29H,1-3,12-13,17H2,(H,28,31). The van der Waals surface area contributed by atoms with Gasteiger partial charge in [-0.3, -0.25) is 14.4 Å². The van der Waals surface area contributed by atoms with E-state index >= 15 is 0 Å². The molecule has 1 saturated heterocycles. The second-order valence-corrected chi connectivity index (χ2v) is 10.8. The molecule has 0 aliphatic carbocycles. The third kappa shape index (κ3) is 6.51. The van der Waals surface area contributed by atoms with Gasteiger partial charge in [-0.2, -0.15) is 0 Å². The van der Waals surface area contributed by atoms with Crippen molar-refractivity contribution in [1.29, 1.82) is 0 Å². The summed E-state index contributed by atoms with van der Waals surface area (Å²) in [5, 5.41) is 3.45. The molecule has 9 heteroatoms. The Hall–Kier alpha value is -2.58. The largest absolute Gasteiger partial charge is 0.322 e. The number of hydrogen-bond donors (Lipinski definition) is 2. The lowest BCUT2D eigenvalue weighted by atomic mass is 10.1. The van der Waals surface area contributed by atoms with Crippen LogP contribution in [0.15, 0.2) is 71.6 Å². The molecule has 3 aromatic carbocycles. The molecule has 6 nitrogen and oxygen atoms in total. The summed E-state index contributed by atoms with van der Waals surface area (Å²) >= 11 is 11.9. The van der Waals surface area contributed by atoms with E-state index in [0.29, 0.717) is 21.3 Å². The molecule has 2 N–H and O–H groups in total. The van der Waals surface area contributed by atoms with Crippen LogP contribution in [0.25, 0.3) is 0 Å². The topological polar surface area (TPSA) is 78.5 Å². The Labute approximate surface area is 209 Å². The number of nitrogens with zero attached hydrogens (tertiary/aromatic N) is 1. The van der Waals surface area contributed by atoms with Gasteiger partial charge in [-0.05, 0) is 86.1 Å². The van der Waals surface area contributed by atoms with E-state index in [2.05, 4.69) is 14.9 Å². The predicted molar refractivity (Wildman–Crippen MR) is 137 cm³/mol. The van der Waals surface area contributed by atoms with E-state index in [9.17, 15) is 13.2 Å². The van der Waals surface area contributed by atoms with Crippen LogP contribution in [0.2, 0.25) is 10.0 Å². The van der Waals surface area contributed by atoms with E-state index in [0.717, 1.165) is 19.6 Å². The normalized spacial score (nSPS) is 14.5. The minimum absolute atomic E-state index is 0.0451. The smallest absolute Gasteiger partial charge is 0.261 e. The molecule has 0 saturated carbocycles. The maximum absolute atomic E-state index is 12.7. The lowest BCUT2D eigenvalue weighted by Crippen LogP contribution is -2.29. The number of nitrogens with one attached hydrogen (secondary N) is 2. The van der Waals surface area contributed by atoms with Gasteiger partial charge in [0.1, 0.15) is 0 Å². The van der Waals surface area contributed by atoms with Crippen LogP contribution in [-0.4, -0.2) is 32.3 Å². The van der Waals surface area contributed by atoms with Gasteiger partial charge in [0, 0.05) is 27.8 Å². The molecule has 1 amide bonds. The van der Waals surface area contributed by atoms with Crippen LogP contribution in [0, 0.1) is 0 Å². The molecule has 1 aliphatic heterocycles. The summed E-state index contributed by atoms with van der Waals surface area (Å²) in [6.45, 7) is 3.14. The SMILES string of the molecule is O=C(Nc1ccc(S(=O)(=O)Nc2cc(Cl)cc(Cl)c2)cc1)c1ccc(CN2CCCCC2)cc1. The molecule has 4 rings (SSSR count). The van der Waals surface area contributed by atoms with Gasteiger partial charge in [0.15, 0.2) is 0 Å². The highest BCUT2D eigenvalue weighted by Gasteiger charge is 2.16. The average molecular weight is 518 g/mol. The summed E-state index contributed by atoms with van der Waals surface area (Å²) in [6.07, 6.45) is 3.78. The molecule has 3 aromatic rings. The molecule has 0 aromatic heterocycles. The van der Waals surface area contributed by atoms with Crippen molar-refractivity contribution in [2.75, 3.05) is 23.1 Å². The van der Waals surface area contributed by atoms with Gasteiger partial charge < -0.3 is 5.32 Å². The molecule has 0 unspecified atom stereocenters. The fraction of sp³-hybridized carbons (Fsp3) is 0.240. The Kier molecular flexibility index (Phi) is 7.78. The van der Waals surface area contributed by atoms with Crippen molar-refractivity contribution >= 4 is 50.5 Å². The van der Waals surface area contributed by atoms with E-state index in [1.807, 2.05) is 24.3 Å². The third-order valence-electron chi connectivity index (χ3n) is 5.61. The Bertz CT molecular complexity index is 1240. The van der Waals surface area contributed by atoms with Crippen LogP contribution in [0.5, 0.6) is 0 Å². The number of hydrogen-bond acceptors (Lipinski definition) is 4. The van der Waals surface area contributed by atoms with Crippen LogP contribution in [-0.2, 0) is 16.6 Å². The number of anilines is 2. The zero-order valence-electron chi connectivity index (χ0n) is 18.4. The molecule has 0 radical (unpaired) electrons. The first kappa shape index (κ1) is 24.5. The number of rotatable bonds is 7. The van der Waals surface area contributed by atoms with Gasteiger partial charge in [-0.15, -0.1) is 0 Å². The molecule has 0 bridgehead atoms. The molecule has 0 spiro atoms. The highest BCUT2D eigenvalue weighted by Crippen LogP contribution is 2.25. The number of carbonyl (C=O) groups excluding carboxylic acids is 1. The van der Waals surface area contributed by atoms with Gasteiger partial charge in [0.2, 0.25) is 0 Å². The van der Waals surface area contributed by atoms with E-state index in [-0.39, 0.29) is 16.5 Å². The second-order valence-electron chi connectivity index (χ2n) is 8.28. The van der Waals surface area contributed by atoms with Gasteiger partial charge in [-0.1, -0.05) is 41.8 Å².